The number of nitrogens with zero attached hydrogens (tertiary/aromatic N) is 2. The monoisotopic (exact) mass is 638 g/mol. The maximum Gasteiger partial charge on any atom is 0.0972 e. The average Bonchev–Trinajstić information content (AvgIpc) is 3.55. The molecule has 226 valence electrons. The number of thiophene rings is 1. The third-order valence-electron chi connectivity index (χ3n) is 10.3. The molecular formula is C46H26N2S. The minimum atomic E-state index is 0.931. The smallest absolute Gasteiger partial charge is 0.0972 e. The van der Waals surface area contributed by atoms with Crippen LogP contribution in [0.5, 0.6) is 0 Å². The van der Waals surface area contributed by atoms with Gasteiger partial charge in [-0.05, 0) is 84.5 Å². The van der Waals surface area contributed by atoms with Crippen LogP contribution in [0.15, 0.2) is 158 Å². The minimum absolute atomic E-state index is 0.931. The molecule has 0 radical (unpaired) electrons. The highest BCUT2D eigenvalue weighted by Gasteiger charge is 2.21. The molecule has 2 nitrogen and oxygen atoms in total. The van der Waals surface area contributed by atoms with Crippen LogP contribution in [-0.4, -0.2) is 9.97 Å². The number of pyridine rings is 2. The third-order valence-corrected chi connectivity index (χ3v) is 11.4. The molecule has 49 heavy (non-hydrogen) atoms. The molecule has 0 aliphatic heterocycles. The molecule has 0 aliphatic rings. The van der Waals surface area contributed by atoms with E-state index in [1.165, 1.54) is 74.4 Å². The first kappa shape index (κ1) is 26.9. The molecule has 0 spiro atoms. The zero-order chi connectivity index (χ0) is 32.1. The fourth-order valence-electron chi connectivity index (χ4n) is 8.18. The van der Waals surface area contributed by atoms with Gasteiger partial charge in [0.25, 0.3) is 0 Å². The SMILES string of the molecule is c1cnc2c(c1)ccc1ccc(-c3c4ccccc4c(-c4cc5ccc6sc7ccccc7c6c5c5ccccc45)c4ccccc34)nc12. The van der Waals surface area contributed by atoms with Gasteiger partial charge in [-0.15, -0.1) is 11.3 Å². The summed E-state index contributed by atoms with van der Waals surface area (Å²) < 4.78 is 2.66. The van der Waals surface area contributed by atoms with Gasteiger partial charge in [0.15, 0.2) is 0 Å². The molecule has 0 saturated carbocycles. The second-order valence-corrected chi connectivity index (χ2v) is 13.9. The molecule has 0 fully saturated rings. The number of aromatic nitrogens is 2. The first-order valence-corrected chi connectivity index (χ1v) is 17.5. The fourth-order valence-corrected chi connectivity index (χ4v) is 9.29. The Bertz CT molecular complexity index is 3120. The maximum atomic E-state index is 5.35. The molecule has 0 N–H and O–H groups in total. The van der Waals surface area contributed by atoms with Gasteiger partial charge in [0.05, 0.1) is 16.7 Å². The lowest BCUT2D eigenvalue weighted by atomic mass is 9.84. The van der Waals surface area contributed by atoms with Crippen LogP contribution in [-0.2, 0) is 0 Å². The van der Waals surface area contributed by atoms with Crippen molar-refractivity contribution in [2.75, 3.05) is 0 Å². The molecule has 0 aliphatic carbocycles. The molecule has 0 bridgehead atoms. The van der Waals surface area contributed by atoms with E-state index in [1.54, 1.807) is 0 Å². The van der Waals surface area contributed by atoms with Crippen LogP contribution in [0.2, 0.25) is 0 Å². The molecule has 0 amide bonds. The average molecular weight is 639 g/mol. The number of fused-ring (bicyclic) bond motifs is 12. The molecule has 0 unspecified atom stereocenters. The van der Waals surface area contributed by atoms with Gasteiger partial charge >= 0.3 is 0 Å². The summed E-state index contributed by atoms with van der Waals surface area (Å²) in [6.07, 6.45) is 1.86. The fraction of sp³-hybridized carbons (Fsp3) is 0. The normalized spacial score (nSPS) is 12.1. The molecule has 0 atom stereocenters. The van der Waals surface area contributed by atoms with Gasteiger partial charge in [-0.3, -0.25) is 4.98 Å². The van der Waals surface area contributed by atoms with Gasteiger partial charge in [-0.25, -0.2) is 4.98 Å². The predicted octanol–water partition coefficient (Wildman–Crippen LogP) is 13.1. The molecule has 8 aromatic carbocycles. The van der Waals surface area contributed by atoms with Crippen LogP contribution in [0.3, 0.4) is 0 Å². The Hall–Kier alpha value is -6.16. The lowest BCUT2D eigenvalue weighted by Crippen LogP contribution is -1.94. The number of hydrogen-bond acceptors (Lipinski definition) is 3. The van der Waals surface area contributed by atoms with Gasteiger partial charge < -0.3 is 0 Å². The summed E-state index contributed by atoms with van der Waals surface area (Å²) in [4.78, 5) is 10.1. The predicted molar refractivity (Wildman–Crippen MR) is 211 cm³/mol. The van der Waals surface area contributed by atoms with Crippen LogP contribution in [0.4, 0.5) is 0 Å². The Kier molecular flexibility index (Phi) is 5.57. The molecular weight excluding hydrogens is 613 g/mol. The standard InChI is InChI=1S/C46H26N2S/c1-2-12-31-30(11-1)37(26-29-22-24-40-44(41(29)31)36-17-7-8-18-39(36)49-40)42-32-13-3-5-15-34(32)43(35-16-6-4-14-33(35)42)38-23-21-28-20-19-27-10-9-25-47-45(27)46(28)48-38/h1-26H. The first-order chi connectivity index (χ1) is 24.3. The summed E-state index contributed by atoms with van der Waals surface area (Å²) in [6, 6.07) is 55.3. The van der Waals surface area contributed by atoms with E-state index in [0.29, 0.717) is 0 Å². The highest BCUT2D eigenvalue weighted by Crippen LogP contribution is 2.48. The van der Waals surface area contributed by atoms with Gasteiger partial charge in [-0.2, -0.15) is 0 Å². The van der Waals surface area contributed by atoms with E-state index in [0.717, 1.165) is 33.1 Å². The Balaban J connectivity index is 1.27. The van der Waals surface area contributed by atoms with E-state index in [4.69, 9.17) is 9.97 Å². The van der Waals surface area contributed by atoms with E-state index in [1.807, 2.05) is 23.6 Å². The summed E-state index contributed by atoms with van der Waals surface area (Å²) in [5.41, 5.74) is 6.49. The van der Waals surface area contributed by atoms with E-state index < -0.39 is 0 Å². The van der Waals surface area contributed by atoms with Crippen LogP contribution >= 0.6 is 11.3 Å². The van der Waals surface area contributed by atoms with Crippen LogP contribution in [0, 0.1) is 0 Å². The number of hydrogen-bond donors (Lipinski definition) is 0. The molecule has 3 heterocycles. The van der Waals surface area contributed by atoms with Crippen molar-refractivity contribution in [2.24, 2.45) is 0 Å². The minimum Gasteiger partial charge on any atom is -0.254 e. The van der Waals surface area contributed by atoms with Crippen LogP contribution in [0.1, 0.15) is 0 Å². The second kappa shape index (κ2) is 10.2. The molecule has 11 rings (SSSR count). The summed E-state index contributed by atoms with van der Waals surface area (Å²) in [6.45, 7) is 0. The number of rotatable bonds is 2. The quantitative estimate of drug-likeness (QED) is 0.139. The van der Waals surface area contributed by atoms with Crippen molar-refractivity contribution in [3.05, 3.63) is 158 Å². The van der Waals surface area contributed by atoms with Gasteiger partial charge in [-0.1, -0.05) is 121 Å². The van der Waals surface area contributed by atoms with Crippen LogP contribution in [0.25, 0.3) is 107 Å². The summed E-state index contributed by atoms with van der Waals surface area (Å²) in [5.74, 6) is 0. The Morgan fingerprint density at radius 1 is 0.388 bits per heavy atom. The van der Waals surface area contributed by atoms with Crippen molar-refractivity contribution in [1.82, 2.24) is 9.97 Å². The summed E-state index contributed by atoms with van der Waals surface area (Å²) in [5, 5.41) is 14.9. The lowest BCUT2D eigenvalue weighted by Gasteiger charge is -2.19. The third kappa shape index (κ3) is 3.82. The van der Waals surface area contributed by atoms with Crippen molar-refractivity contribution >= 4 is 96.4 Å². The molecule has 3 aromatic heterocycles. The Labute approximate surface area is 285 Å². The van der Waals surface area contributed by atoms with Crippen molar-refractivity contribution in [1.29, 1.82) is 0 Å². The topological polar surface area (TPSA) is 25.8 Å². The Morgan fingerprint density at radius 2 is 0.980 bits per heavy atom. The van der Waals surface area contributed by atoms with Gasteiger partial charge in [0.1, 0.15) is 0 Å². The molecule has 0 saturated heterocycles. The first-order valence-electron chi connectivity index (χ1n) is 16.7. The maximum absolute atomic E-state index is 5.35. The van der Waals surface area contributed by atoms with Crippen LogP contribution < -0.4 is 0 Å². The molecule has 11 aromatic rings. The zero-order valence-corrected chi connectivity index (χ0v) is 27.1. The highest BCUT2D eigenvalue weighted by atomic mass is 32.1. The highest BCUT2D eigenvalue weighted by molar-refractivity contribution is 7.26. The lowest BCUT2D eigenvalue weighted by molar-refractivity contribution is 1.38. The zero-order valence-electron chi connectivity index (χ0n) is 26.3. The van der Waals surface area contributed by atoms with E-state index in [2.05, 4.69) is 146 Å². The van der Waals surface area contributed by atoms with Crippen molar-refractivity contribution in [2.45, 2.75) is 0 Å². The second-order valence-electron chi connectivity index (χ2n) is 12.9. The largest absolute Gasteiger partial charge is 0.254 e. The van der Waals surface area contributed by atoms with Gasteiger partial charge in [0.2, 0.25) is 0 Å². The van der Waals surface area contributed by atoms with Crippen molar-refractivity contribution in [3.63, 3.8) is 0 Å². The Morgan fingerprint density at radius 3 is 1.73 bits per heavy atom. The van der Waals surface area contributed by atoms with E-state index >= 15 is 0 Å². The summed E-state index contributed by atoms with van der Waals surface area (Å²) in [7, 11) is 0. The van der Waals surface area contributed by atoms with Crippen molar-refractivity contribution in [3.8, 4) is 22.4 Å². The van der Waals surface area contributed by atoms with E-state index in [9.17, 15) is 0 Å². The summed E-state index contributed by atoms with van der Waals surface area (Å²) >= 11 is 1.88. The molecule has 3 heteroatoms. The van der Waals surface area contributed by atoms with E-state index in [-0.39, 0.29) is 0 Å². The number of benzene rings is 8. The van der Waals surface area contributed by atoms with Crippen molar-refractivity contribution < 1.29 is 0 Å². The van der Waals surface area contributed by atoms with Gasteiger partial charge in [0, 0.05) is 42.7 Å².